The highest BCUT2D eigenvalue weighted by atomic mass is 19.1. The molecule has 0 radical (unpaired) electrons. The SMILES string of the molecule is COc1cc2nccc(Oc3ccc(NC(=O)c4c(C)n(C)nc(-c5ccc(F)cc5)c4=O)cc3F)c2nc1OC. The lowest BCUT2D eigenvalue weighted by molar-refractivity contribution is 0.102. The molecule has 208 valence electrons. The van der Waals surface area contributed by atoms with Gasteiger partial charge in [0.25, 0.3) is 11.8 Å². The number of rotatable bonds is 7. The molecule has 5 aromatic rings. The average molecular weight is 560 g/mol. The molecule has 0 aliphatic heterocycles. The van der Waals surface area contributed by atoms with Gasteiger partial charge in [0.15, 0.2) is 23.1 Å². The van der Waals surface area contributed by atoms with Crippen molar-refractivity contribution in [1.29, 1.82) is 0 Å². The molecular weight excluding hydrogens is 536 g/mol. The van der Waals surface area contributed by atoms with Crippen LogP contribution < -0.4 is 25.0 Å². The summed E-state index contributed by atoms with van der Waals surface area (Å²) in [7, 11) is 4.49. The van der Waals surface area contributed by atoms with Crippen LogP contribution in [0.2, 0.25) is 0 Å². The first-order valence-corrected chi connectivity index (χ1v) is 12.2. The number of hydrogen-bond donors (Lipinski definition) is 1. The third kappa shape index (κ3) is 5.26. The fourth-order valence-electron chi connectivity index (χ4n) is 4.14. The topological polar surface area (TPSA) is 117 Å². The van der Waals surface area contributed by atoms with Gasteiger partial charge in [-0.2, -0.15) is 5.10 Å². The minimum atomic E-state index is -0.778. The molecule has 41 heavy (non-hydrogen) atoms. The van der Waals surface area contributed by atoms with Crippen molar-refractivity contribution >= 4 is 22.6 Å². The highest BCUT2D eigenvalue weighted by Crippen LogP contribution is 2.35. The van der Waals surface area contributed by atoms with Crippen LogP contribution in [0.4, 0.5) is 14.5 Å². The zero-order valence-corrected chi connectivity index (χ0v) is 22.4. The van der Waals surface area contributed by atoms with Gasteiger partial charge < -0.3 is 19.5 Å². The molecule has 0 aliphatic carbocycles. The maximum atomic E-state index is 15.1. The number of amides is 1. The molecule has 0 spiro atoms. The second kappa shape index (κ2) is 11.0. The number of benzene rings is 2. The zero-order chi connectivity index (χ0) is 29.3. The van der Waals surface area contributed by atoms with E-state index in [0.717, 1.165) is 6.07 Å². The minimum absolute atomic E-state index is 0.0226. The van der Waals surface area contributed by atoms with Gasteiger partial charge in [0.2, 0.25) is 5.43 Å². The Hall–Kier alpha value is -5.39. The lowest BCUT2D eigenvalue weighted by Gasteiger charge is -2.14. The first kappa shape index (κ1) is 27.2. The molecule has 0 atom stereocenters. The number of hydrogen-bond acceptors (Lipinski definition) is 8. The van der Waals surface area contributed by atoms with Gasteiger partial charge >= 0.3 is 0 Å². The Balaban J connectivity index is 1.43. The third-order valence-electron chi connectivity index (χ3n) is 6.31. The van der Waals surface area contributed by atoms with Crippen LogP contribution in [-0.4, -0.2) is 39.9 Å². The predicted octanol–water partition coefficient (Wildman–Crippen LogP) is 5.04. The number of aromatic nitrogens is 4. The van der Waals surface area contributed by atoms with E-state index >= 15 is 4.39 Å². The first-order chi connectivity index (χ1) is 19.7. The Labute approximate surface area is 232 Å². The number of anilines is 1. The van der Waals surface area contributed by atoms with Crippen LogP contribution in [0, 0.1) is 18.6 Å². The minimum Gasteiger partial charge on any atom is -0.491 e. The lowest BCUT2D eigenvalue weighted by Crippen LogP contribution is -2.28. The van der Waals surface area contributed by atoms with Crippen molar-refractivity contribution in [2.24, 2.45) is 7.05 Å². The van der Waals surface area contributed by atoms with Gasteiger partial charge in [-0.15, -0.1) is 0 Å². The number of ether oxygens (including phenoxy) is 3. The number of halogens is 2. The van der Waals surface area contributed by atoms with Crippen molar-refractivity contribution in [3.8, 4) is 34.4 Å². The summed E-state index contributed by atoms with van der Waals surface area (Å²) in [5, 5.41) is 6.79. The van der Waals surface area contributed by atoms with Gasteiger partial charge in [-0.05, 0) is 43.3 Å². The van der Waals surface area contributed by atoms with Crippen molar-refractivity contribution in [3.63, 3.8) is 0 Å². The van der Waals surface area contributed by atoms with E-state index in [1.54, 1.807) is 20.0 Å². The number of carbonyl (C=O) groups is 1. The summed E-state index contributed by atoms with van der Waals surface area (Å²) in [4.78, 5) is 35.0. The normalized spacial score (nSPS) is 10.9. The Morgan fingerprint density at radius 3 is 2.39 bits per heavy atom. The highest BCUT2D eigenvalue weighted by molar-refractivity contribution is 6.05. The van der Waals surface area contributed by atoms with Gasteiger partial charge in [0.1, 0.15) is 22.6 Å². The Morgan fingerprint density at radius 1 is 0.951 bits per heavy atom. The molecule has 1 amide bonds. The van der Waals surface area contributed by atoms with E-state index in [-0.39, 0.29) is 34.3 Å². The van der Waals surface area contributed by atoms with E-state index in [1.165, 1.54) is 67.6 Å². The van der Waals surface area contributed by atoms with Crippen LogP contribution in [0.25, 0.3) is 22.3 Å². The third-order valence-corrected chi connectivity index (χ3v) is 6.31. The summed E-state index contributed by atoms with van der Waals surface area (Å²) in [6.45, 7) is 1.56. The first-order valence-electron chi connectivity index (χ1n) is 12.2. The summed E-state index contributed by atoms with van der Waals surface area (Å²) in [6.07, 6.45) is 1.48. The van der Waals surface area contributed by atoms with Crippen LogP contribution in [0.3, 0.4) is 0 Å². The molecule has 5 rings (SSSR count). The number of aryl methyl sites for hydroxylation is 1. The molecule has 0 saturated heterocycles. The number of nitrogens with zero attached hydrogens (tertiary/aromatic N) is 4. The molecule has 2 aromatic carbocycles. The molecule has 0 aliphatic rings. The Kier molecular flexibility index (Phi) is 7.30. The van der Waals surface area contributed by atoms with Crippen LogP contribution >= 0.6 is 0 Å². The second-order valence-electron chi connectivity index (χ2n) is 8.85. The van der Waals surface area contributed by atoms with Gasteiger partial charge in [-0.3, -0.25) is 19.3 Å². The van der Waals surface area contributed by atoms with Crippen molar-refractivity contribution in [2.75, 3.05) is 19.5 Å². The summed E-state index contributed by atoms with van der Waals surface area (Å²) >= 11 is 0. The molecule has 3 heterocycles. The Bertz CT molecular complexity index is 1860. The van der Waals surface area contributed by atoms with Crippen molar-refractivity contribution in [2.45, 2.75) is 6.92 Å². The number of pyridine rings is 2. The largest absolute Gasteiger partial charge is 0.491 e. The van der Waals surface area contributed by atoms with Crippen molar-refractivity contribution < 1.29 is 27.8 Å². The summed E-state index contributed by atoms with van der Waals surface area (Å²) < 4.78 is 46.2. The second-order valence-corrected chi connectivity index (χ2v) is 8.85. The quantitative estimate of drug-likeness (QED) is 0.295. The van der Waals surface area contributed by atoms with E-state index < -0.39 is 23.0 Å². The highest BCUT2D eigenvalue weighted by Gasteiger charge is 2.22. The predicted molar refractivity (Wildman–Crippen MR) is 147 cm³/mol. The van der Waals surface area contributed by atoms with E-state index in [4.69, 9.17) is 14.2 Å². The standard InChI is InChI=1S/C29H23F2N5O5/c1-15-24(27(37)25(35-36(15)2)16-5-7-17(30)8-6-16)28(38)33-18-9-10-21(19(31)13-18)41-22-11-12-32-20-14-23(39-3)29(40-4)34-26(20)22/h5-14H,1-4H3,(H,33,38). The molecule has 10 nitrogen and oxygen atoms in total. The van der Waals surface area contributed by atoms with Crippen molar-refractivity contribution in [3.05, 3.63) is 93.9 Å². The number of fused-ring (bicyclic) bond motifs is 1. The summed E-state index contributed by atoms with van der Waals surface area (Å²) in [5.74, 6) is -1.35. The smallest absolute Gasteiger partial charge is 0.261 e. The van der Waals surface area contributed by atoms with E-state index in [9.17, 15) is 14.0 Å². The van der Waals surface area contributed by atoms with Crippen LogP contribution in [0.1, 0.15) is 16.1 Å². The molecule has 0 saturated carbocycles. The monoisotopic (exact) mass is 559 g/mol. The van der Waals surface area contributed by atoms with Gasteiger partial charge in [-0.25, -0.2) is 13.8 Å². The van der Waals surface area contributed by atoms with Gasteiger partial charge in [-0.1, -0.05) is 0 Å². The van der Waals surface area contributed by atoms with Crippen LogP contribution in [-0.2, 0) is 7.05 Å². The molecule has 1 N–H and O–H groups in total. The maximum Gasteiger partial charge on any atom is 0.261 e. The average Bonchev–Trinajstić information content (AvgIpc) is 2.96. The van der Waals surface area contributed by atoms with E-state index in [0.29, 0.717) is 28.0 Å². The molecule has 0 fully saturated rings. The van der Waals surface area contributed by atoms with Gasteiger partial charge in [0, 0.05) is 42.7 Å². The van der Waals surface area contributed by atoms with E-state index in [2.05, 4.69) is 20.4 Å². The molecular formula is C29H23F2N5O5. The number of methoxy groups -OCH3 is 2. The van der Waals surface area contributed by atoms with Crippen molar-refractivity contribution in [1.82, 2.24) is 19.7 Å². The maximum absolute atomic E-state index is 15.1. The lowest BCUT2D eigenvalue weighted by atomic mass is 10.1. The number of nitrogens with one attached hydrogen (secondary N) is 1. The summed E-state index contributed by atoms with van der Waals surface area (Å²) in [6, 6.07) is 12.2. The number of carbonyl (C=O) groups excluding carboxylic acids is 1. The van der Waals surface area contributed by atoms with Crippen LogP contribution in [0.5, 0.6) is 23.1 Å². The fraction of sp³-hybridized carbons (Fsp3) is 0.138. The van der Waals surface area contributed by atoms with Gasteiger partial charge in [0.05, 0.1) is 25.4 Å². The summed E-state index contributed by atoms with van der Waals surface area (Å²) in [5.41, 5.74) is 0.652. The molecule has 0 bridgehead atoms. The van der Waals surface area contributed by atoms with E-state index in [1.807, 2.05) is 0 Å². The molecule has 0 unspecified atom stereocenters. The molecule has 12 heteroatoms. The molecule has 3 aromatic heterocycles. The fourth-order valence-corrected chi connectivity index (χ4v) is 4.14. The Morgan fingerprint density at radius 2 is 1.71 bits per heavy atom. The van der Waals surface area contributed by atoms with Crippen LogP contribution in [0.15, 0.2) is 65.6 Å². The zero-order valence-electron chi connectivity index (χ0n) is 22.4.